The zero-order chi connectivity index (χ0) is 16.8. The molecule has 0 atom stereocenters. The standard InChI is InChI=1S/C18H17NO4/c1-12(19-15-7-3-14(4-8-15)18(21)22)11-17(20)13-5-9-16(23-2)10-6-13/h3-11,19H,1-2H3,(H,21,22). The third kappa shape index (κ3) is 4.44. The van der Waals surface area contributed by atoms with Crippen LogP contribution in [0.4, 0.5) is 5.69 Å². The Morgan fingerprint density at radius 1 is 1.00 bits per heavy atom. The number of carbonyl (C=O) groups is 2. The molecule has 0 unspecified atom stereocenters. The molecule has 0 aliphatic heterocycles. The van der Waals surface area contributed by atoms with E-state index in [0.717, 1.165) is 0 Å². The first-order valence-electron chi connectivity index (χ1n) is 6.96. The van der Waals surface area contributed by atoms with Gasteiger partial charge in [0.25, 0.3) is 0 Å². The number of rotatable bonds is 6. The molecule has 5 nitrogen and oxygen atoms in total. The molecule has 0 saturated carbocycles. The van der Waals surface area contributed by atoms with E-state index in [9.17, 15) is 9.59 Å². The van der Waals surface area contributed by atoms with Gasteiger partial charge in [-0.25, -0.2) is 4.79 Å². The number of anilines is 1. The Bertz CT molecular complexity index is 731. The molecule has 118 valence electrons. The first kappa shape index (κ1) is 16.3. The molecule has 5 heteroatoms. The first-order chi connectivity index (χ1) is 11.0. The van der Waals surface area contributed by atoms with E-state index in [-0.39, 0.29) is 11.3 Å². The zero-order valence-corrected chi connectivity index (χ0v) is 12.9. The van der Waals surface area contributed by atoms with E-state index < -0.39 is 5.97 Å². The number of nitrogens with one attached hydrogen (secondary N) is 1. The summed E-state index contributed by atoms with van der Waals surface area (Å²) in [5.74, 6) is -0.405. The Kier molecular flexibility index (Phi) is 5.15. The summed E-state index contributed by atoms with van der Waals surface area (Å²) < 4.78 is 5.05. The van der Waals surface area contributed by atoms with Gasteiger partial charge in [0.15, 0.2) is 5.78 Å². The highest BCUT2D eigenvalue weighted by molar-refractivity contribution is 6.05. The van der Waals surface area contributed by atoms with Crippen LogP contribution in [0.2, 0.25) is 0 Å². The van der Waals surface area contributed by atoms with Crippen molar-refractivity contribution in [1.29, 1.82) is 0 Å². The van der Waals surface area contributed by atoms with Crippen LogP contribution in [0.3, 0.4) is 0 Å². The molecule has 0 amide bonds. The summed E-state index contributed by atoms with van der Waals surface area (Å²) in [6, 6.07) is 13.2. The highest BCUT2D eigenvalue weighted by atomic mass is 16.5. The number of carboxylic acids is 1. The summed E-state index contributed by atoms with van der Waals surface area (Å²) in [5.41, 5.74) is 2.15. The lowest BCUT2D eigenvalue weighted by Gasteiger charge is -2.07. The zero-order valence-electron chi connectivity index (χ0n) is 12.9. The highest BCUT2D eigenvalue weighted by Gasteiger charge is 2.05. The Morgan fingerprint density at radius 2 is 1.57 bits per heavy atom. The molecule has 2 N–H and O–H groups in total. The molecule has 0 aliphatic carbocycles. The van der Waals surface area contributed by atoms with Crippen molar-refractivity contribution in [2.45, 2.75) is 6.92 Å². The van der Waals surface area contributed by atoms with Crippen LogP contribution in [0.25, 0.3) is 0 Å². The van der Waals surface area contributed by atoms with Gasteiger partial charge in [0.05, 0.1) is 12.7 Å². The normalized spacial score (nSPS) is 11.0. The largest absolute Gasteiger partial charge is 0.497 e. The van der Waals surface area contributed by atoms with Gasteiger partial charge >= 0.3 is 5.97 Å². The summed E-state index contributed by atoms with van der Waals surface area (Å²) in [6.07, 6.45) is 1.49. The van der Waals surface area contributed by atoms with Gasteiger partial charge in [0.1, 0.15) is 5.75 Å². The molecule has 0 fully saturated rings. The van der Waals surface area contributed by atoms with E-state index in [1.165, 1.54) is 18.2 Å². The van der Waals surface area contributed by atoms with Crippen LogP contribution in [0, 0.1) is 0 Å². The number of ether oxygens (including phenoxy) is 1. The van der Waals surface area contributed by atoms with Crippen LogP contribution >= 0.6 is 0 Å². The Hall–Kier alpha value is -3.08. The average molecular weight is 311 g/mol. The topological polar surface area (TPSA) is 75.6 Å². The van der Waals surface area contributed by atoms with Crippen molar-refractivity contribution in [3.63, 3.8) is 0 Å². The number of hydrogen-bond acceptors (Lipinski definition) is 4. The Morgan fingerprint density at radius 3 is 2.09 bits per heavy atom. The number of aromatic carboxylic acids is 1. The molecule has 0 aliphatic rings. The maximum absolute atomic E-state index is 12.2. The van der Waals surface area contributed by atoms with E-state index in [1.807, 2.05) is 0 Å². The number of ketones is 1. The van der Waals surface area contributed by atoms with Crippen molar-refractivity contribution in [3.8, 4) is 5.75 Å². The lowest BCUT2D eigenvalue weighted by molar-refractivity contribution is 0.0696. The van der Waals surface area contributed by atoms with Crippen LogP contribution < -0.4 is 10.1 Å². The van der Waals surface area contributed by atoms with Gasteiger partial charge in [-0.3, -0.25) is 4.79 Å². The minimum Gasteiger partial charge on any atom is -0.497 e. The van der Waals surface area contributed by atoms with E-state index in [0.29, 0.717) is 22.7 Å². The van der Waals surface area contributed by atoms with Gasteiger partial charge in [0, 0.05) is 23.0 Å². The predicted octanol–water partition coefficient (Wildman–Crippen LogP) is 3.59. The fourth-order valence-corrected chi connectivity index (χ4v) is 2.00. The van der Waals surface area contributed by atoms with E-state index >= 15 is 0 Å². The second-order valence-corrected chi connectivity index (χ2v) is 4.93. The van der Waals surface area contributed by atoms with Crippen molar-refractivity contribution in [1.82, 2.24) is 0 Å². The highest BCUT2D eigenvalue weighted by Crippen LogP contribution is 2.14. The van der Waals surface area contributed by atoms with Crippen LogP contribution in [0.15, 0.2) is 60.3 Å². The number of carbonyl (C=O) groups excluding carboxylic acids is 1. The average Bonchev–Trinajstić information content (AvgIpc) is 2.55. The van der Waals surface area contributed by atoms with Gasteiger partial charge in [-0.05, 0) is 55.5 Å². The van der Waals surface area contributed by atoms with Crippen LogP contribution in [-0.2, 0) is 0 Å². The molecular formula is C18H17NO4. The second-order valence-electron chi connectivity index (χ2n) is 4.93. The van der Waals surface area contributed by atoms with Gasteiger partial charge < -0.3 is 15.2 Å². The molecule has 23 heavy (non-hydrogen) atoms. The number of hydrogen-bond donors (Lipinski definition) is 2. The molecule has 2 aromatic rings. The lowest BCUT2D eigenvalue weighted by Crippen LogP contribution is -2.02. The second kappa shape index (κ2) is 7.26. The van der Waals surface area contributed by atoms with E-state index in [1.54, 1.807) is 50.4 Å². The smallest absolute Gasteiger partial charge is 0.335 e. The van der Waals surface area contributed by atoms with Crippen molar-refractivity contribution in [2.75, 3.05) is 12.4 Å². The van der Waals surface area contributed by atoms with Crippen LogP contribution in [0.1, 0.15) is 27.6 Å². The van der Waals surface area contributed by atoms with Crippen molar-refractivity contribution in [2.24, 2.45) is 0 Å². The third-order valence-corrected chi connectivity index (χ3v) is 3.20. The summed E-state index contributed by atoms with van der Waals surface area (Å²) in [6.45, 7) is 1.77. The summed E-state index contributed by atoms with van der Waals surface area (Å²) in [7, 11) is 1.57. The number of benzene rings is 2. The molecule has 2 rings (SSSR count). The molecule has 0 spiro atoms. The fourth-order valence-electron chi connectivity index (χ4n) is 2.00. The van der Waals surface area contributed by atoms with Gasteiger partial charge in [0.2, 0.25) is 0 Å². The SMILES string of the molecule is COc1ccc(C(=O)C=C(C)Nc2ccc(C(=O)O)cc2)cc1. The van der Waals surface area contributed by atoms with Gasteiger partial charge in [-0.2, -0.15) is 0 Å². The molecule has 0 radical (unpaired) electrons. The van der Waals surface area contributed by atoms with Gasteiger partial charge in [-0.15, -0.1) is 0 Å². The molecule has 0 aromatic heterocycles. The van der Waals surface area contributed by atoms with Gasteiger partial charge in [-0.1, -0.05) is 0 Å². The molecule has 2 aromatic carbocycles. The number of carboxylic acid groups (broad SMARTS) is 1. The minimum absolute atomic E-state index is 0.125. The monoisotopic (exact) mass is 311 g/mol. The van der Waals surface area contributed by atoms with Crippen LogP contribution in [0.5, 0.6) is 5.75 Å². The quantitative estimate of drug-likeness (QED) is 0.630. The van der Waals surface area contributed by atoms with E-state index in [2.05, 4.69) is 5.32 Å². The number of methoxy groups -OCH3 is 1. The maximum Gasteiger partial charge on any atom is 0.335 e. The molecule has 0 heterocycles. The van der Waals surface area contributed by atoms with Crippen LogP contribution in [-0.4, -0.2) is 24.0 Å². The molecule has 0 saturated heterocycles. The van der Waals surface area contributed by atoms with Crippen molar-refractivity contribution >= 4 is 17.4 Å². The fraction of sp³-hybridized carbons (Fsp3) is 0.111. The van der Waals surface area contributed by atoms with Crippen molar-refractivity contribution < 1.29 is 19.4 Å². The minimum atomic E-state index is -0.974. The Labute approximate surface area is 134 Å². The third-order valence-electron chi connectivity index (χ3n) is 3.20. The van der Waals surface area contributed by atoms with Crippen molar-refractivity contribution in [3.05, 3.63) is 71.4 Å². The Balaban J connectivity index is 2.06. The lowest BCUT2D eigenvalue weighted by atomic mass is 10.1. The summed E-state index contributed by atoms with van der Waals surface area (Å²) in [5, 5.41) is 11.9. The summed E-state index contributed by atoms with van der Waals surface area (Å²) >= 11 is 0. The predicted molar refractivity (Wildman–Crippen MR) is 88.1 cm³/mol. The maximum atomic E-state index is 12.2. The number of allylic oxidation sites excluding steroid dienone is 2. The summed E-state index contributed by atoms with van der Waals surface area (Å²) in [4.78, 5) is 23.0. The molecular weight excluding hydrogens is 294 g/mol. The van der Waals surface area contributed by atoms with E-state index in [4.69, 9.17) is 9.84 Å². The first-order valence-corrected chi connectivity index (χ1v) is 6.96. The molecule has 0 bridgehead atoms.